The highest BCUT2D eigenvalue weighted by Gasteiger charge is 2.27. The summed E-state index contributed by atoms with van der Waals surface area (Å²) in [5.41, 5.74) is 6.89. The van der Waals surface area contributed by atoms with Gasteiger partial charge in [-0.15, -0.1) is 0 Å². The fourth-order valence-electron chi connectivity index (χ4n) is 2.69. The van der Waals surface area contributed by atoms with Crippen molar-refractivity contribution in [1.82, 2.24) is 14.5 Å². The van der Waals surface area contributed by atoms with E-state index in [1.54, 1.807) is 24.1 Å². The number of piperidine rings is 1. The maximum atomic E-state index is 13.7. The minimum atomic E-state index is -0.372. The third-order valence-electron chi connectivity index (χ3n) is 3.67. The zero-order valence-electron chi connectivity index (χ0n) is 10.6. The molecule has 0 radical (unpaired) electrons. The third kappa shape index (κ3) is 1.83. The van der Waals surface area contributed by atoms with Gasteiger partial charge < -0.3 is 15.2 Å². The molecule has 2 aromatic rings. The van der Waals surface area contributed by atoms with Crippen LogP contribution >= 0.6 is 0 Å². The van der Waals surface area contributed by atoms with Crippen LogP contribution < -0.4 is 5.73 Å². The summed E-state index contributed by atoms with van der Waals surface area (Å²) in [5.74, 6) is 0.0569. The SMILES string of the molecule is CN1CC(n2c(N)nc3c(F)cccc32)CCC1=O. The standard InChI is InChI=1S/C13H15FN4O/c1-17-7-8(5-6-11(17)19)18-10-4-2-3-9(14)12(10)16-13(18)15/h2-4,8H,5-7H2,1H3,(H2,15,16). The number of hydrogen-bond acceptors (Lipinski definition) is 3. The first-order valence-corrected chi connectivity index (χ1v) is 6.24. The van der Waals surface area contributed by atoms with Crippen LogP contribution in [0.1, 0.15) is 18.9 Å². The van der Waals surface area contributed by atoms with Crippen LogP contribution in [0.3, 0.4) is 0 Å². The van der Waals surface area contributed by atoms with E-state index in [-0.39, 0.29) is 17.8 Å². The lowest BCUT2D eigenvalue weighted by Gasteiger charge is -2.31. The van der Waals surface area contributed by atoms with Crippen molar-refractivity contribution in [3.8, 4) is 0 Å². The fourth-order valence-corrected chi connectivity index (χ4v) is 2.69. The Bertz CT molecular complexity index is 651. The Morgan fingerprint density at radius 2 is 2.26 bits per heavy atom. The van der Waals surface area contributed by atoms with Gasteiger partial charge in [-0.05, 0) is 18.6 Å². The van der Waals surface area contributed by atoms with Gasteiger partial charge in [0, 0.05) is 20.0 Å². The molecule has 1 amide bonds. The highest BCUT2D eigenvalue weighted by molar-refractivity contribution is 5.80. The van der Waals surface area contributed by atoms with Crippen LogP contribution in [0.4, 0.5) is 10.3 Å². The Morgan fingerprint density at radius 1 is 1.47 bits per heavy atom. The highest BCUT2D eigenvalue weighted by atomic mass is 19.1. The second-order valence-electron chi connectivity index (χ2n) is 4.91. The molecule has 0 aliphatic carbocycles. The molecule has 6 heteroatoms. The first kappa shape index (κ1) is 12.0. The molecule has 5 nitrogen and oxygen atoms in total. The van der Waals surface area contributed by atoms with Crippen LogP contribution in [0.2, 0.25) is 0 Å². The molecule has 0 bridgehead atoms. The number of benzene rings is 1. The summed E-state index contributed by atoms with van der Waals surface area (Å²) < 4.78 is 15.5. The van der Waals surface area contributed by atoms with E-state index in [1.807, 2.05) is 4.57 Å². The van der Waals surface area contributed by atoms with Crippen LogP contribution in [-0.4, -0.2) is 34.0 Å². The number of carbonyl (C=O) groups excluding carboxylic acids is 1. The molecule has 1 aromatic carbocycles. The van der Waals surface area contributed by atoms with Gasteiger partial charge in [0.25, 0.3) is 0 Å². The molecule has 2 N–H and O–H groups in total. The van der Waals surface area contributed by atoms with Gasteiger partial charge in [0.1, 0.15) is 5.52 Å². The summed E-state index contributed by atoms with van der Waals surface area (Å²) in [7, 11) is 1.77. The molecule has 1 aliphatic heterocycles. The number of nitrogens with two attached hydrogens (primary N) is 1. The Kier molecular flexibility index (Phi) is 2.66. The number of amides is 1. The van der Waals surface area contributed by atoms with Crippen LogP contribution in [0.15, 0.2) is 18.2 Å². The molecule has 1 aliphatic rings. The fraction of sp³-hybridized carbons (Fsp3) is 0.385. The third-order valence-corrected chi connectivity index (χ3v) is 3.67. The van der Waals surface area contributed by atoms with Crippen molar-refractivity contribution in [3.63, 3.8) is 0 Å². The maximum absolute atomic E-state index is 13.7. The van der Waals surface area contributed by atoms with Crippen LogP contribution in [-0.2, 0) is 4.79 Å². The maximum Gasteiger partial charge on any atom is 0.222 e. The van der Waals surface area contributed by atoms with E-state index < -0.39 is 0 Å². The lowest BCUT2D eigenvalue weighted by molar-refractivity contribution is -0.132. The highest BCUT2D eigenvalue weighted by Crippen LogP contribution is 2.29. The number of nitrogen functional groups attached to an aromatic ring is 1. The number of rotatable bonds is 1. The van der Waals surface area contributed by atoms with Crippen molar-refractivity contribution in [3.05, 3.63) is 24.0 Å². The largest absolute Gasteiger partial charge is 0.369 e. The van der Waals surface area contributed by atoms with E-state index in [0.29, 0.717) is 36.4 Å². The second kappa shape index (κ2) is 4.22. The monoisotopic (exact) mass is 262 g/mol. The van der Waals surface area contributed by atoms with E-state index in [1.165, 1.54) is 6.07 Å². The predicted molar refractivity (Wildman–Crippen MR) is 70.0 cm³/mol. The van der Waals surface area contributed by atoms with Gasteiger partial charge in [-0.3, -0.25) is 4.79 Å². The van der Waals surface area contributed by atoms with Crippen LogP contribution in [0, 0.1) is 5.82 Å². The summed E-state index contributed by atoms with van der Waals surface area (Å²) in [4.78, 5) is 17.3. The number of imidazole rings is 1. The number of aromatic nitrogens is 2. The molecule has 1 fully saturated rings. The second-order valence-corrected chi connectivity index (χ2v) is 4.91. The van der Waals surface area contributed by atoms with Gasteiger partial charge in [-0.2, -0.15) is 0 Å². The number of para-hydroxylation sites is 1. The molecule has 0 spiro atoms. The average molecular weight is 262 g/mol. The van der Waals surface area contributed by atoms with E-state index in [0.717, 1.165) is 0 Å². The van der Waals surface area contributed by atoms with Gasteiger partial charge in [-0.25, -0.2) is 9.37 Å². The Balaban J connectivity index is 2.08. The van der Waals surface area contributed by atoms with Crippen molar-refractivity contribution < 1.29 is 9.18 Å². The van der Waals surface area contributed by atoms with E-state index in [4.69, 9.17) is 5.73 Å². The molecule has 100 valence electrons. The number of likely N-dealkylation sites (tertiary alicyclic amines) is 1. The summed E-state index contributed by atoms with van der Waals surface area (Å²) in [6, 6.07) is 4.87. The number of likely N-dealkylation sites (N-methyl/N-ethyl adjacent to an activating group) is 1. The minimum Gasteiger partial charge on any atom is -0.369 e. The topological polar surface area (TPSA) is 64.2 Å². The smallest absolute Gasteiger partial charge is 0.222 e. The van der Waals surface area contributed by atoms with E-state index in [2.05, 4.69) is 4.98 Å². The molecule has 1 unspecified atom stereocenters. The summed E-state index contributed by atoms with van der Waals surface area (Å²) in [6.45, 7) is 0.574. The lowest BCUT2D eigenvalue weighted by atomic mass is 10.1. The predicted octanol–water partition coefficient (Wildman–Crippen LogP) is 1.55. The quantitative estimate of drug-likeness (QED) is 0.848. The number of nitrogens with zero attached hydrogens (tertiary/aromatic N) is 3. The molecule has 3 rings (SSSR count). The van der Waals surface area contributed by atoms with Crippen molar-refractivity contribution in [2.75, 3.05) is 19.3 Å². The van der Waals surface area contributed by atoms with Crippen LogP contribution in [0.5, 0.6) is 0 Å². The number of halogens is 1. The van der Waals surface area contributed by atoms with Gasteiger partial charge in [0.15, 0.2) is 5.82 Å². The van der Waals surface area contributed by atoms with E-state index >= 15 is 0 Å². The van der Waals surface area contributed by atoms with Crippen molar-refractivity contribution >= 4 is 22.9 Å². The van der Waals surface area contributed by atoms with Crippen molar-refractivity contribution in [2.45, 2.75) is 18.9 Å². The first-order chi connectivity index (χ1) is 9.08. The Morgan fingerprint density at radius 3 is 3.00 bits per heavy atom. The number of fused-ring (bicyclic) bond motifs is 1. The molecule has 1 aromatic heterocycles. The number of anilines is 1. The Hall–Kier alpha value is -2.11. The normalized spacial score (nSPS) is 20.2. The summed E-state index contributed by atoms with van der Waals surface area (Å²) >= 11 is 0. The van der Waals surface area contributed by atoms with Gasteiger partial charge >= 0.3 is 0 Å². The molecule has 1 saturated heterocycles. The number of hydrogen-bond donors (Lipinski definition) is 1. The first-order valence-electron chi connectivity index (χ1n) is 6.24. The Labute approximate surface area is 109 Å². The van der Waals surface area contributed by atoms with E-state index in [9.17, 15) is 9.18 Å². The molecule has 0 saturated carbocycles. The number of carbonyl (C=O) groups is 1. The van der Waals surface area contributed by atoms with Gasteiger partial charge in [0.05, 0.1) is 11.6 Å². The van der Waals surface area contributed by atoms with Crippen molar-refractivity contribution in [2.24, 2.45) is 0 Å². The zero-order valence-corrected chi connectivity index (χ0v) is 10.6. The molecular formula is C13H15FN4O. The average Bonchev–Trinajstić information content (AvgIpc) is 2.71. The van der Waals surface area contributed by atoms with Gasteiger partial charge in [-0.1, -0.05) is 6.07 Å². The summed E-state index contributed by atoms with van der Waals surface area (Å²) in [5, 5.41) is 0. The van der Waals surface area contributed by atoms with Crippen molar-refractivity contribution in [1.29, 1.82) is 0 Å². The molecule has 1 atom stereocenters. The van der Waals surface area contributed by atoms with Crippen LogP contribution in [0.25, 0.3) is 11.0 Å². The molecule has 19 heavy (non-hydrogen) atoms. The zero-order chi connectivity index (χ0) is 13.6. The summed E-state index contributed by atoms with van der Waals surface area (Å²) in [6.07, 6.45) is 1.19. The molecule has 2 heterocycles. The minimum absolute atomic E-state index is 0.0505. The van der Waals surface area contributed by atoms with Gasteiger partial charge in [0.2, 0.25) is 11.9 Å². The molecular weight excluding hydrogens is 247 g/mol. The lowest BCUT2D eigenvalue weighted by Crippen LogP contribution is -2.38.